The van der Waals surface area contributed by atoms with Crippen LogP contribution in [0.4, 0.5) is 0 Å². The normalized spacial score (nSPS) is 29.3. The summed E-state index contributed by atoms with van der Waals surface area (Å²) in [5, 5.41) is 21.6. The first-order valence-electron chi connectivity index (χ1n) is 6.18. The lowest BCUT2D eigenvalue weighted by molar-refractivity contribution is 0.132. The Balaban J connectivity index is 1.79. The number of hydrogen-bond donors (Lipinski definition) is 2. The van der Waals surface area contributed by atoms with Gasteiger partial charge in [-0.25, -0.2) is 0 Å². The number of hydrogen-bond acceptors (Lipinski definition) is 4. The van der Waals surface area contributed by atoms with Gasteiger partial charge in [0, 0.05) is 19.0 Å². The summed E-state index contributed by atoms with van der Waals surface area (Å²) >= 11 is 0. The van der Waals surface area contributed by atoms with Crippen LogP contribution in [0.3, 0.4) is 0 Å². The minimum Gasteiger partial charge on any atom is -0.385 e. The Hall–Kier alpha value is -0.940. The third-order valence-electron chi connectivity index (χ3n) is 3.60. The second-order valence-corrected chi connectivity index (χ2v) is 4.78. The zero-order chi connectivity index (χ0) is 11.0. The van der Waals surface area contributed by atoms with Gasteiger partial charge in [0.1, 0.15) is 11.9 Å². The van der Waals surface area contributed by atoms with Crippen LogP contribution in [0.5, 0.6) is 0 Å². The van der Waals surface area contributed by atoms with Crippen LogP contribution >= 0.6 is 0 Å². The lowest BCUT2D eigenvalue weighted by atomic mass is 10.1. The zero-order valence-electron chi connectivity index (χ0n) is 9.39. The van der Waals surface area contributed by atoms with Crippen molar-refractivity contribution in [3.8, 4) is 0 Å². The molecule has 16 heavy (non-hydrogen) atoms. The van der Waals surface area contributed by atoms with Gasteiger partial charge in [-0.2, -0.15) is 0 Å². The molecule has 0 aromatic carbocycles. The maximum Gasteiger partial charge on any atom is 0.161 e. The Morgan fingerprint density at radius 1 is 1.31 bits per heavy atom. The fourth-order valence-corrected chi connectivity index (χ4v) is 2.71. The molecule has 88 valence electrons. The third kappa shape index (κ3) is 1.74. The summed E-state index contributed by atoms with van der Waals surface area (Å²) in [4.78, 5) is 0. The van der Waals surface area contributed by atoms with Gasteiger partial charge in [0.05, 0.1) is 0 Å². The van der Waals surface area contributed by atoms with Crippen molar-refractivity contribution < 1.29 is 5.11 Å². The van der Waals surface area contributed by atoms with E-state index in [0.29, 0.717) is 6.04 Å². The smallest absolute Gasteiger partial charge is 0.161 e. The summed E-state index contributed by atoms with van der Waals surface area (Å²) in [6.45, 7) is 2.08. The fraction of sp³-hybridized carbons (Fsp3) is 0.818. The number of nitrogens with zero attached hydrogens (tertiary/aromatic N) is 3. The van der Waals surface area contributed by atoms with Crippen molar-refractivity contribution in [1.29, 1.82) is 0 Å². The molecular weight excluding hydrogens is 204 g/mol. The summed E-state index contributed by atoms with van der Waals surface area (Å²) < 4.78 is 2.11. The summed E-state index contributed by atoms with van der Waals surface area (Å²) in [6.07, 6.45) is 4.86. The van der Waals surface area contributed by atoms with Gasteiger partial charge in [-0.3, -0.25) is 0 Å². The van der Waals surface area contributed by atoms with Gasteiger partial charge in [-0.05, 0) is 32.2 Å². The van der Waals surface area contributed by atoms with Crippen molar-refractivity contribution in [3.63, 3.8) is 0 Å². The van der Waals surface area contributed by atoms with Crippen molar-refractivity contribution in [2.24, 2.45) is 0 Å². The fourth-order valence-electron chi connectivity index (χ4n) is 2.71. The number of aliphatic hydroxyl groups is 1. The van der Waals surface area contributed by atoms with E-state index in [0.717, 1.165) is 44.0 Å². The topological polar surface area (TPSA) is 63.0 Å². The molecule has 2 atom stereocenters. The first-order valence-corrected chi connectivity index (χ1v) is 6.18. The first kappa shape index (κ1) is 10.2. The number of aliphatic hydroxyl groups excluding tert-OH is 1. The highest BCUT2D eigenvalue weighted by Gasteiger charge is 2.25. The highest BCUT2D eigenvalue weighted by Crippen LogP contribution is 2.24. The van der Waals surface area contributed by atoms with Gasteiger partial charge in [0.2, 0.25) is 0 Å². The molecule has 2 aliphatic heterocycles. The highest BCUT2D eigenvalue weighted by atomic mass is 16.3. The van der Waals surface area contributed by atoms with Crippen LogP contribution in [-0.2, 0) is 13.0 Å². The standard InChI is InChI=1S/C11H18N4O/c16-9-4-2-6-15-10(13-14-11(9)15)7-8-3-1-5-12-8/h8-9,12,16H,1-7H2. The lowest BCUT2D eigenvalue weighted by Gasteiger charge is -2.20. The molecule has 3 rings (SSSR count). The number of nitrogens with one attached hydrogen (secondary N) is 1. The SMILES string of the molecule is OC1CCCn2c(CC3CCCN3)nnc21. The van der Waals surface area contributed by atoms with Gasteiger partial charge in [0.25, 0.3) is 0 Å². The molecule has 3 heterocycles. The predicted octanol–water partition coefficient (Wildman–Crippen LogP) is 0.400. The van der Waals surface area contributed by atoms with E-state index in [9.17, 15) is 5.11 Å². The van der Waals surface area contributed by atoms with E-state index in [-0.39, 0.29) is 0 Å². The molecule has 0 amide bonds. The van der Waals surface area contributed by atoms with Gasteiger partial charge in [-0.15, -0.1) is 10.2 Å². The van der Waals surface area contributed by atoms with Crippen LogP contribution in [0.1, 0.15) is 43.4 Å². The number of fused-ring (bicyclic) bond motifs is 1. The van der Waals surface area contributed by atoms with E-state index >= 15 is 0 Å². The highest BCUT2D eigenvalue weighted by molar-refractivity contribution is 5.03. The number of rotatable bonds is 2. The van der Waals surface area contributed by atoms with Gasteiger partial charge in [-0.1, -0.05) is 0 Å². The molecule has 0 spiro atoms. The molecule has 1 aromatic rings. The second-order valence-electron chi connectivity index (χ2n) is 4.78. The molecule has 1 fully saturated rings. The minimum atomic E-state index is -0.411. The van der Waals surface area contributed by atoms with Crippen LogP contribution in [0.2, 0.25) is 0 Å². The van der Waals surface area contributed by atoms with Crippen molar-refractivity contribution in [3.05, 3.63) is 11.6 Å². The molecule has 0 bridgehead atoms. The summed E-state index contributed by atoms with van der Waals surface area (Å²) in [5.74, 6) is 1.80. The Kier molecular flexibility index (Phi) is 2.65. The van der Waals surface area contributed by atoms with E-state index in [1.165, 1.54) is 12.8 Å². The maximum atomic E-state index is 9.80. The van der Waals surface area contributed by atoms with Crippen LogP contribution in [-0.4, -0.2) is 32.5 Å². The molecule has 0 saturated carbocycles. The molecule has 2 unspecified atom stereocenters. The molecule has 1 aromatic heterocycles. The predicted molar refractivity (Wildman–Crippen MR) is 58.9 cm³/mol. The molecule has 5 heteroatoms. The van der Waals surface area contributed by atoms with Crippen LogP contribution in [0.15, 0.2) is 0 Å². The monoisotopic (exact) mass is 222 g/mol. The van der Waals surface area contributed by atoms with Crippen molar-refractivity contribution in [2.75, 3.05) is 6.54 Å². The van der Waals surface area contributed by atoms with E-state index < -0.39 is 6.10 Å². The van der Waals surface area contributed by atoms with Crippen LogP contribution in [0.25, 0.3) is 0 Å². The summed E-state index contributed by atoms with van der Waals surface area (Å²) in [6, 6.07) is 0.548. The molecule has 2 aliphatic rings. The quantitative estimate of drug-likeness (QED) is 0.760. The van der Waals surface area contributed by atoms with Gasteiger partial charge in [0.15, 0.2) is 5.82 Å². The Morgan fingerprint density at radius 3 is 3.06 bits per heavy atom. The largest absolute Gasteiger partial charge is 0.385 e. The lowest BCUT2D eigenvalue weighted by Crippen LogP contribution is -2.26. The molecule has 0 aliphatic carbocycles. The summed E-state index contributed by atoms with van der Waals surface area (Å²) in [5.41, 5.74) is 0. The van der Waals surface area contributed by atoms with E-state index in [2.05, 4.69) is 20.1 Å². The third-order valence-corrected chi connectivity index (χ3v) is 3.60. The van der Waals surface area contributed by atoms with Crippen LogP contribution in [0, 0.1) is 0 Å². The Labute approximate surface area is 94.9 Å². The van der Waals surface area contributed by atoms with Crippen molar-refractivity contribution in [1.82, 2.24) is 20.1 Å². The average Bonchev–Trinajstić information content (AvgIpc) is 2.90. The Morgan fingerprint density at radius 2 is 2.25 bits per heavy atom. The van der Waals surface area contributed by atoms with Crippen LogP contribution < -0.4 is 5.32 Å². The van der Waals surface area contributed by atoms with Gasteiger partial charge < -0.3 is 15.0 Å². The van der Waals surface area contributed by atoms with E-state index in [1.54, 1.807) is 0 Å². The molecule has 2 N–H and O–H groups in total. The maximum absolute atomic E-state index is 9.80. The first-order chi connectivity index (χ1) is 7.84. The van der Waals surface area contributed by atoms with Crippen molar-refractivity contribution in [2.45, 2.75) is 50.8 Å². The number of aromatic nitrogens is 3. The molecule has 0 radical (unpaired) electrons. The molecule has 1 saturated heterocycles. The van der Waals surface area contributed by atoms with E-state index in [4.69, 9.17) is 0 Å². The van der Waals surface area contributed by atoms with Gasteiger partial charge >= 0.3 is 0 Å². The molecular formula is C11H18N4O. The minimum absolute atomic E-state index is 0.411. The Bertz CT molecular complexity index is 370. The average molecular weight is 222 g/mol. The van der Waals surface area contributed by atoms with E-state index in [1.807, 2.05) is 0 Å². The molecule has 5 nitrogen and oxygen atoms in total. The second kappa shape index (κ2) is 4.14. The summed E-state index contributed by atoms with van der Waals surface area (Å²) in [7, 11) is 0. The zero-order valence-corrected chi connectivity index (χ0v) is 9.39. The van der Waals surface area contributed by atoms with Crippen molar-refractivity contribution >= 4 is 0 Å².